The summed E-state index contributed by atoms with van der Waals surface area (Å²) in [6.07, 6.45) is 0. The van der Waals surface area contributed by atoms with Crippen LogP contribution in [0.25, 0.3) is 21.6 Å². The number of nitrogens with zero attached hydrogens (tertiary/aromatic N) is 4. The van der Waals surface area contributed by atoms with E-state index in [1.54, 1.807) is 24.3 Å². The molecule has 0 radical (unpaired) electrons. The van der Waals surface area contributed by atoms with Crippen LogP contribution < -0.4 is 0 Å². The maximum Gasteiger partial charge on any atom is 0.0991 e. The van der Waals surface area contributed by atoms with Crippen molar-refractivity contribution in [1.29, 1.82) is 5.26 Å². The number of nitriles is 1. The lowest BCUT2D eigenvalue weighted by molar-refractivity contribution is 1.46. The topological polar surface area (TPSA) is 72.5 Å². The smallest absolute Gasteiger partial charge is 0.0991 e. The van der Waals surface area contributed by atoms with Gasteiger partial charge in [0, 0.05) is 10.6 Å². The molecule has 2 rings (SSSR count). The van der Waals surface area contributed by atoms with Crippen LogP contribution in [0.5, 0.6) is 0 Å². The van der Waals surface area contributed by atoms with Crippen molar-refractivity contribution in [2.45, 2.75) is 0 Å². The molecule has 0 amide bonds. The number of hydrogen-bond donors (Lipinski definition) is 0. The molecule has 0 saturated heterocycles. The second-order valence-electron chi connectivity index (χ2n) is 3.43. The monoisotopic (exact) mass is 220 g/mol. The molecule has 0 heterocycles. The van der Waals surface area contributed by atoms with Gasteiger partial charge in [-0.2, -0.15) is 5.26 Å². The summed E-state index contributed by atoms with van der Waals surface area (Å²) < 4.78 is 0. The molecule has 0 aliphatic carbocycles. The second-order valence-corrected chi connectivity index (χ2v) is 3.43. The normalized spacial score (nSPS) is 9.12. The molecule has 0 atom stereocenters. The molecule has 2 aromatic carbocycles. The first kappa shape index (κ1) is 10.7. The lowest BCUT2D eigenvalue weighted by Crippen LogP contribution is -1.79. The standard InChI is InChI=1S/C13H8N4/c14-9-10-3-1-4-11(7-10)12-5-2-6-13(8-12)16-17-15/h1-8H. The summed E-state index contributed by atoms with van der Waals surface area (Å²) in [5, 5.41) is 12.4. The van der Waals surface area contributed by atoms with Crippen molar-refractivity contribution in [3.8, 4) is 17.2 Å². The maximum absolute atomic E-state index is 8.83. The van der Waals surface area contributed by atoms with E-state index in [9.17, 15) is 0 Å². The Morgan fingerprint density at radius 3 is 2.47 bits per heavy atom. The van der Waals surface area contributed by atoms with Crippen molar-refractivity contribution in [2.24, 2.45) is 5.11 Å². The molecule has 4 heteroatoms. The third-order valence-corrected chi connectivity index (χ3v) is 2.33. The molecule has 2 aromatic rings. The second kappa shape index (κ2) is 4.84. The average Bonchev–Trinajstić information content (AvgIpc) is 2.40. The van der Waals surface area contributed by atoms with Crippen LogP contribution in [0.1, 0.15) is 5.56 Å². The van der Waals surface area contributed by atoms with Crippen LogP contribution in [0.2, 0.25) is 0 Å². The van der Waals surface area contributed by atoms with E-state index in [4.69, 9.17) is 10.8 Å². The zero-order chi connectivity index (χ0) is 12.1. The Labute approximate surface area is 98.4 Å². The lowest BCUT2D eigenvalue weighted by Gasteiger charge is -2.02. The van der Waals surface area contributed by atoms with E-state index >= 15 is 0 Å². The van der Waals surface area contributed by atoms with E-state index in [0.717, 1.165) is 11.1 Å². The van der Waals surface area contributed by atoms with Crippen LogP contribution in [0, 0.1) is 11.3 Å². The van der Waals surface area contributed by atoms with Gasteiger partial charge in [0.1, 0.15) is 0 Å². The summed E-state index contributed by atoms with van der Waals surface area (Å²) in [6.45, 7) is 0. The molecule has 0 unspecified atom stereocenters. The Kier molecular flexibility index (Phi) is 3.06. The highest BCUT2D eigenvalue weighted by Gasteiger charge is 1.99. The van der Waals surface area contributed by atoms with Crippen molar-refractivity contribution in [1.82, 2.24) is 0 Å². The van der Waals surface area contributed by atoms with Gasteiger partial charge >= 0.3 is 0 Å². The minimum atomic E-state index is 0.562. The van der Waals surface area contributed by atoms with Gasteiger partial charge in [-0.25, -0.2) is 0 Å². The summed E-state index contributed by atoms with van der Waals surface area (Å²) in [5.41, 5.74) is 11.4. The summed E-state index contributed by atoms with van der Waals surface area (Å²) in [7, 11) is 0. The first-order chi connectivity index (χ1) is 8.33. The largest absolute Gasteiger partial charge is 0.192 e. The van der Waals surface area contributed by atoms with Gasteiger partial charge in [0.2, 0.25) is 0 Å². The Hall–Kier alpha value is -2.76. The average molecular weight is 220 g/mol. The Morgan fingerprint density at radius 1 is 1.06 bits per heavy atom. The van der Waals surface area contributed by atoms with E-state index in [1.807, 2.05) is 24.3 Å². The molecular weight excluding hydrogens is 212 g/mol. The molecular formula is C13H8N4. The Bertz CT molecular complexity index is 634. The summed E-state index contributed by atoms with van der Waals surface area (Å²) in [4.78, 5) is 2.75. The Morgan fingerprint density at radius 2 is 1.76 bits per heavy atom. The fourth-order valence-corrected chi connectivity index (χ4v) is 1.57. The highest BCUT2D eigenvalue weighted by atomic mass is 15.1. The van der Waals surface area contributed by atoms with Gasteiger partial charge in [0.15, 0.2) is 0 Å². The minimum Gasteiger partial charge on any atom is -0.192 e. The fraction of sp³-hybridized carbons (Fsp3) is 0. The number of benzene rings is 2. The van der Waals surface area contributed by atoms with E-state index in [0.29, 0.717) is 11.3 Å². The fourth-order valence-electron chi connectivity index (χ4n) is 1.57. The van der Waals surface area contributed by atoms with E-state index < -0.39 is 0 Å². The highest BCUT2D eigenvalue weighted by molar-refractivity contribution is 5.68. The quantitative estimate of drug-likeness (QED) is 0.425. The first-order valence-electron chi connectivity index (χ1n) is 4.99. The molecule has 0 aliphatic heterocycles. The number of rotatable bonds is 2. The molecule has 0 bridgehead atoms. The van der Waals surface area contributed by atoms with E-state index in [-0.39, 0.29) is 0 Å². The van der Waals surface area contributed by atoms with Crippen LogP contribution in [0.4, 0.5) is 5.69 Å². The summed E-state index contributed by atoms with van der Waals surface area (Å²) >= 11 is 0. The molecule has 4 nitrogen and oxygen atoms in total. The third kappa shape index (κ3) is 2.43. The van der Waals surface area contributed by atoms with E-state index in [1.165, 1.54) is 0 Å². The van der Waals surface area contributed by atoms with Crippen LogP contribution in [0.15, 0.2) is 53.6 Å². The van der Waals surface area contributed by atoms with Crippen molar-refractivity contribution >= 4 is 5.69 Å². The van der Waals surface area contributed by atoms with Crippen molar-refractivity contribution in [2.75, 3.05) is 0 Å². The van der Waals surface area contributed by atoms with Crippen LogP contribution in [-0.2, 0) is 0 Å². The highest BCUT2D eigenvalue weighted by Crippen LogP contribution is 2.24. The molecule has 0 N–H and O–H groups in total. The molecule has 80 valence electrons. The zero-order valence-corrected chi connectivity index (χ0v) is 8.91. The maximum atomic E-state index is 8.83. The van der Waals surface area contributed by atoms with Gasteiger partial charge in [0.05, 0.1) is 11.6 Å². The van der Waals surface area contributed by atoms with Gasteiger partial charge in [-0.05, 0) is 34.9 Å². The van der Waals surface area contributed by atoms with Gasteiger partial charge in [-0.15, -0.1) is 0 Å². The summed E-state index contributed by atoms with van der Waals surface area (Å²) in [6, 6.07) is 16.6. The predicted molar refractivity (Wildman–Crippen MR) is 65.4 cm³/mol. The van der Waals surface area contributed by atoms with Crippen LogP contribution >= 0.6 is 0 Å². The molecule has 0 saturated carbocycles. The van der Waals surface area contributed by atoms with Gasteiger partial charge in [-0.1, -0.05) is 35.4 Å². The minimum absolute atomic E-state index is 0.562. The van der Waals surface area contributed by atoms with Crippen LogP contribution in [0.3, 0.4) is 0 Å². The molecule has 0 spiro atoms. The van der Waals surface area contributed by atoms with Gasteiger partial charge in [0.25, 0.3) is 0 Å². The van der Waals surface area contributed by atoms with E-state index in [2.05, 4.69) is 16.1 Å². The van der Waals surface area contributed by atoms with Gasteiger partial charge in [-0.3, -0.25) is 0 Å². The lowest BCUT2D eigenvalue weighted by atomic mass is 10.0. The molecule has 17 heavy (non-hydrogen) atoms. The SMILES string of the molecule is N#Cc1cccc(-c2cccc(N=[N+]=[N-])c2)c1. The Balaban J connectivity index is 2.49. The van der Waals surface area contributed by atoms with Gasteiger partial charge < -0.3 is 0 Å². The van der Waals surface area contributed by atoms with Crippen LogP contribution in [-0.4, -0.2) is 0 Å². The van der Waals surface area contributed by atoms with Crippen molar-refractivity contribution < 1.29 is 0 Å². The molecule has 0 aliphatic rings. The predicted octanol–water partition coefficient (Wildman–Crippen LogP) is 4.17. The van der Waals surface area contributed by atoms with Crippen molar-refractivity contribution in [3.05, 3.63) is 64.5 Å². The van der Waals surface area contributed by atoms with Crippen molar-refractivity contribution in [3.63, 3.8) is 0 Å². The third-order valence-electron chi connectivity index (χ3n) is 2.33. The zero-order valence-electron chi connectivity index (χ0n) is 8.91. The number of azide groups is 1. The molecule has 0 fully saturated rings. The first-order valence-corrected chi connectivity index (χ1v) is 4.99. The summed E-state index contributed by atoms with van der Waals surface area (Å²) in [5.74, 6) is 0. The number of hydrogen-bond acceptors (Lipinski definition) is 2. The molecule has 0 aromatic heterocycles.